The first kappa shape index (κ1) is 13.9. The van der Waals surface area contributed by atoms with E-state index in [1.165, 1.54) is 4.90 Å². The number of aromatic amines is 1. The van der Waals surface area contributed by atoms with Gasteiger partial charge in [0.25, 0.3) is 5.56 Å². The van der Waals surface area contributed by atoms with Crippen LogP contribution in [0.25, 0.3) is 22.2 Å². The third kappa shape index (κ3) is 2.72. The molecule has 0 saturated heterocycles. The molecule has 0 aliphatic heterocycles. The predicted octanol–water partition coefficient (Wildman–Crippen LogP) is 4.01. The average molecular weight is 296 g/mol. The van der Waals surface area contributed by atoms with Gasteiger partial charge in [-0.3, -0.25) is 4.79 Å². The van der Waals surface area contributed by atoms with Crippen molar-refractivity contribution in [1.29, 1.82) is 0 Å². The van der Waals surface area contributed by atoms with Gasteiger partial charge in [0.1, 0.15) is 0 Å². The lowest BCUT2D eigenvalue weighted by Gasteiger charge is -2.08. The highest BCUT2D eigenvalue weighted by atomic mass is 32.2. The summed E-state index contributed by atoms with van der Waals surface area (Å²) in [6, 6.07) is 11.9. The van der Waals surface area contributed by atoms with E-state index in [9.17, 15) is 4.79 Å². The van der Waals surface area contributed by atoms with E-state index in [2.05, 4.69) is 35.9 Å². The van der Waals surface area contributed by atoms with Gasteiger partial charge in [-0.2, -0.15) is 0 Å². The minimum absolute atomic E-state index is 0.109. The number of fused-ring (bicyclic) bond motifs is 1. The Morgan fingerprint density at radius 3 is 2.86 bits per heavy atom. The van der Waals surface area contributed by atoms with E-state index >= 15 is 0 Å². The van der Waals surface area contributed by atoms with Gasteiger partial charge in [0.05, 0.1) is 16.8 Å². The van der Waals surface area contributed by atoms with Crippen LogP contribution in [0.1, 0.15) is 12.5 Å². The van der Waals surface area contributed by atoms with E-state index < -0.39 is 0 Å². The Morgan fingerprint density at radius 1 is 1.24 bits per heavy atom. The largest absolute Gasteiger partial charge is 0.329 e. The van der Waals surface area contributed by atoms with Gasteiger partial charge in [-0.15, -0.1) is 11.8 Å². The van der Waals surface area contributed by atoms with Crippen LogP contribution in [0, 0.1) is 6.92 Å². The van der Waals surface area contributed by atoms with E-state index in [1.54, 1.807) is 12.3 Å². The first-order valence-electron chi connectivity index (χ1n) is 6.91. The Balaban J connectivity index is 2.18. The maximum atomic E-state index is 11.9. The molecule has 0 atom stereocenters. The van der Waals surface area contributed by atoms with Gasteiger partial charge in [-0.05, 0) is 54.6 Å². The summed E-state index contributed by atoms with van der Waals surface area (Å²) >= 11 is 1.82. The van der Waals surface area contributed by atoms with Crippen molar-refractivity contribution in [3.8, 4) is 11.3 Å². The van der Waals surface area contributed by atoms with Gasteiger partial charge in [-0.25, -0.2) is 4.98 Å². The number of rotatable bonds is 3. The van der Waals surface area contributed by atoms with Crippen LogP contribution in [0.2, 0.25) is 0 Å². The van der Waals surface area contributed by atoms with E-state index in [4.69, 9.17) is 0 Å². The zero-order valence-electron chi connectivity index (χ0n) is 12.0. The van der Waals surface area contributed by atoms with E-state index in [0.29, 0.717) is 5.56 Å². The van der Waals surface area contributed by atoms with Crippen molar-refractivity contribution >= 4 is 22.7 Å². The first-order valence-corrected chi connectivity index (χ1v) is 7.90. The number of benzene rings is 1. The molecule has 0 amide bonds. The maximum absolute atomic E-state index is 11.9. The molecule has 0 fully saturated rings. The Morgan fingerprint density at radius 2 is 2.10 bits per heavy atom. The molecule has 2 heterocycles. The normalized spacial score (nSPS) is 11.0. The van der Waals surface area contributed by atoms with Crippen molar-refractivity contribution in [1.82, 2.24) is 9.97 Å². The number of aromatic nitrogens is 2. The predicted molar refractivity (Wildman–Crippen MR) is 88.9 cm³/mol. The smallest absolute Gasteiger partial charge is 0.257 e. The van der Waals surface area contributed by atoms with E-state index in [1.807, 2.05) is 30.0 Å². The average Bonchev–Trinajstić information content (AvgIpc) is 2.48. The monoisotopic (exact) mass is 296 g/mol. The van der Waals surface area contributed by atoms with Crippen LogP contribution in [-0.4, -0.2) is 15.7 Å². The molecule has 0 aliphatic carbocycles. The number of H-pyrrole nitrogens is 1. The van der Waals surface area contributed by atoms with Crippen molar-refractivity contribution in [2.75, 3.05) is 5.75 Å². The first-order chi connectivity index (χ1) is 10.2. The number of nitrogens with one attached hydrogen (secondary N) is 1. The van der Waals surface area contributed by atoms with Gasteiger partial charge < -0.3 is 4.98 Å². The number of hydrogen-bond acceptors (Lipinski definition) is 3. The standard InChI is InChI=1S/C17H16N2OS/c1-3-21-12-6-7-15-14(10-12)11(2)9-16(19-15)13-5-4-8-18-17(13)20/h4-10H,3H2,1-2H3,(H,18,20). The highest BCUT2D eigenvalue weighted by Crippen LogP contribution is 2.27. The molecule has 0 spiro atoms. The summed E-state index contributed by atoms with van der Waals surface area (Å²) in [5, 5.41) is 1.14. The maximum Gasteiger partial charge on any atom is 0.257 e. The quantitative estimate of drug-likeness (QED) is 0.743. The van der Waals surface area contributed by atoms with Crippen LogP contribution >= 0.6 is 11.8 Å². The van der Waals surface area contributed by atoms with Crippen molar-refractivity contribution in [2.45, 2.75) is 18.7 Å². The molecule has 106 valence electrons. The van der Waals surface area contributed by atoms with Gasteiger partial charge in [0.15, 0.2) is 0 Å². The fourth-order valence-corrected chi connectivity index (χ4v) is 3.09. The molecular weight excluding hydrogens is 280 g/mol. The van der Waals surface area contributed by atoms with E-state index in [0.717, 1.165) is 27.9 Å². The highest BCUT2D eigenvalue weighted by Gasteiger charge is 2.08. The molecule has 3 aromatic rings. The summed E-state index contributed by atoms with van der Waals surface area (Å²) in [6.07, 6.45) is 1.63. The molecule has 0 aliphatic rings. The lowest BCUT2D eigenvalue weighted by Crippen LogP contribution is -2.08. The van der Waals surface area contributed by atoms with Crippen LogP contribution in [-0.2, 0) is 0 Å². The molecule has 0 bridgehead atoms. The summed E-state index contributed by atoms with van der Waals surface area (Å²) in [5.74, 6) is 1.05. The number of aryl methyl sites for hydroxylation is 1. The van der Waals surface area contributed by atoms with Crippen molar-refractivity contribution < 1.29 is 0 Å². The van der Waals surface area contributed by atoms with E-state index in [-0.39, 0.29) is 5.56 Å². The molecule has 3 rings (SSSR count). The summed E-state index contributed by atoms with van der Waals surface area (Å²) in [5.41, 5.74) is 3.28. The lowest BCUT2D eigenvalue weighted by molar-refractivity contribution is 1.22. The van der Waals surface area contributed by atoms with Crippen LogP contribution < -0.4 is 5.56 Å². The fraction of sp³-hybridized carbons (Fsp3) is 0.176. The molecular formula is C17H16N2OS. The van der Waals surface area contributed by atoms with Crippen molar-refractivity contribution in [2.24, 2.45) is 0 Å². The summed E-state index contributed by atoms with van der Waals surface area (Å²) < 4.78 is 0. The van der Waals surface area contributed by atoms with Gasteiger partial charge in [0.2, 0.25) is 0 Å². The van der Waals surface area contributed by atoms with Crippen molar-refractivity contribution in [3.05, 3.63) is 58.5 Å². The van der Waals surface area contributed by atoms with Crippen LogP contribution in [0.15, 0.2) is 52.3 Å². The van der Waals surface area contributed by atoms with Crippen molar-refractivity contribution in [3.63, 3.8) is 0 Å². The minimum atomic E-state index is -0.109. The second-order valence-electron chi connectivity index (χ2n) is 4.85. The van der Waals surface area contributed by atoms with Crippen LogP contribution in [0.4, 0.5) is 0 Å². The molecule has 0 unspecified atom stereocenters. The summed E-state index contributed by atoms with van der Waals surface area (Å²) in [6.45, 7) is 4.20. The SMILES string of the molecule is CCSc1ccc2nc(-c3ccc[nH]c3=O)cc(C)c2c1. The minimum Gasteiger partial charge on any atom is -0.329 e. The van der Waals surface area contributed by atoms with Gasteiger partial charge in [0, 0.05) is 16.5 Å². The number of thioether (sulfide) groups is 1. The second-order valence-corrected chi connectivity index (χ2v) is 6.19. The zero-order valence-corrected chi connectivity index (χ0v) is 12.8. The third-order valence-electron chi connectivity index (χ3n) is 3.39. The molecule has 21 heavy (non-hydrogen) atoms. The lowest BCUT2D eigenvalue weighted by atomic mass is 10.1. The second kappa shape index (κ2) is 5.74. The molecule has 4 heteroatoms. The Kier molecular flexibility index (Phi) is 3.80. The summed E-state index contributed by atoms with van der Waals surface area (Å²) in [7, 11) is 0. The molecule has 0 saturated carbocycles. The number of pyridine rings is 2. The number of nitrogens with zero attached hydrogens (tertiary/aromatic N) is 1. The Bertz CT molecular complexity index is 855. The molecule has 1 aromatic carbocycles. The van der Waals surface area contributed by atoms with Gasteiger partial charge in [-0.1, -0.05) is 6.92 Å². The zero-order chi connectivity index (χ0) is 14.8. The summed E-state index contributed by atoms with van der Waals surface area (Å²) in [4.78, 5) is 20.5. The molecule has 1 N–H and O–H groups in total. The van der Waals surface area contributed by atoms with Crippen LogP contribution in [0.5, 0.6) is 0 Å². The fourth-order valence-electron chi connectivity index (χ4n) is 2.39. The topological polar surface area (TPSA) is 45.8 Å². The highest BCUT2D eigenvalue weighted by molar-refractivity contribution is 7.99. The Hall–Kier alpha value is -2.07. The Labute approximate surface area is 127 Å². The van der Waals surface area contributed by atoms with Gasteiger partial charge >= 0.3 is 0 Å². The van der Waals surface area contributed by atoms with Crippen LogP contribution in [0.3, 0.4) is 0 Å². The third-order valence-corrected chi connectivity index (χ3v) is 4.27. The number of hydrogen-bond donors (Lipinski definition) is 1. The molecule has 2 aromatic heterocycles. The molecule has 3 nitrogen and oxygen atoms in total. The molecule has 0 radical (unpaired) electrons.